The molecule has 0 bridgehead atoms. The van der Waals surface area contributed by atoms with Gasteiger partial charge in [0.1, 0.15) is 18.3 Å². The number of carbonyl (C=O) groups excluding carboxylic acids is 2. The summed E-state index contributed by atoms with van der Waals surface area (Å²) in [5.74, 6) is -0.176. The molecule has 4 aromatic rings. The summed E-state index contributed by atoms with van der Waals surface area (Å²) in [4.78, 5) is 30.6. The zero-order valence-electron chi connectivity index (χ0n) is 27.3. The third kappa shape index (κ3) is 8.76. The molecule has 2 amide bonds. The van der Waals surface area contributed by atoms with Crippen molar-refractivity contribution in [3.05, 3.63) is 125 Å². The van der Waals surface area contributed by atoms with Crippen molar-refractivity contribution < 1.29 is 22.7 Å². The van der Waals surface area contributed by atoms with Gasteiger partial charge >= 0.3 is 0 Å². The standard InChI is InChI=1S/C38H42ClN3O5S/c1-28-23-31(39)21-22-35(28)42(48(45,46)34-19-10-5-11-20-34)27-37(43)41(26-30-15-12-18-33(24-30)47-2)36(25-29-13-6-3-7-14-29)38(44)40-32-16-8-4-9-17-32/h3,5-7,10-15,18-24,32,36H,4,8-9,16-17,25-27H2,1-2H3,(H,40,44)/t36-/m1/s1. The maximum Gasteiger partial charge on any atom is 0.264 e. The third-order valence-electron chi connectivity index (χ3n) is 8.75. The fourth-order valence-corrected chi connectivity index (χ4v) is 7.92. The van der Waals surface area contributed by atoms with E-state index >= 15 is 0 Å². The number of rotatable bonds is 13. The summed E-state index contributed by atoms with van der Waals surface area (Å²) in [6.45, 7) is 1.28. The molecule has 1 fully saturated rings. The Morgan fingerprint density at radius 1 is 0.875 bits per heavy atom. The number of carbonyl (C=O) groups is 2. The molecule has 252 valence electrons. The van der Waals surface area contributed by atoms with Gasteiger partial charge in [-0.05, 0) is 78.9 Å². The van der Waals surface area contributed by atoms with Crippen molar-refractivity contribution >= 4 is 39.1 Å². The predicted molar refractivity (Wildman–Crippen MR) is 190 cm³/mol. The fourth-order valence-electron chi connectivity index (χ4n) is 6.20. The summed E-state index contributed by atoms with van der Waals surface area (Å²) in [5.41, 5.74) is 2.53. The smallest absolute Gasteiger partial charge is 0.264 e. The fraction of sp³-hybridized carbons (Fsp3) is 0.316. The van der Waals surface area contributed by atoms with Crippen LogP contribution >= 0.6 is 11.6 Å². The number of aryl methyl sites for hydroxylation is 1. The Bertz CT molecular complexity index is 1800. The summed E-state index contributed by atoms with van der Waals surface area (Å²) in [6, 6.07) is 28.9. The number of nitrogens with zero attached hydrogens (tertiary/aromatic N) is 2. The zero-order valence-corrected chi connectivity index (χ0v) is 28.9. The van der Waals surface area contributed by atoms with Crippen molar-refractivity contribution in [3.8, 4) is 5.75 Å². The minimum Gasteiger partial charge on any atom is -0.497 e. The van der Waals surface area contributed by atoms with E-state index in [4.69, 9.17) is 16.3 Å². The number of methoxy groups -OCH3 is 1. The first-order valence-corrected chi connectivity index (χ1v) is 18.1. The molecule has 0 aromatic heterocycles. The highest BCUT2D eigenvalue weighted by Crippen LogP contribution is 2.30. The van der Waals surface area contributed by atoms with E-state index in [1.165, 1.54) is 17.0 Å². The number of halogens is 1. The lowest BCUT2D eigenvalue weighted by Gasteiger charge is -2.35. The van der Waals surface area contributed by atoms with E-state index in [-0.39, 0.29) is 29.8 Å². The lowest BCUT2D eigenvalue weighted by Crippen LogP contribution is -2.55. The molecule has 0 saturated heterocycles. The topological polar surface area (TPSA) is 96.0 Å². The lowest BCUT2D eigenvalue weighted by molar-refractivity contribution is -0.140. The van der Waals surface area contributed by atoms with Crippen LogP contribution in [0.1, 0.15) is 48.8 Å². The average Bonchev–Trinajstić information content (AvgIpc) is 3.10. The SMILES string of the molecule is COc1cccc(CN(C(=O)CN(c2ccc(Cl)cc2C)S(=O)(=O)c2ccccc2)[C@H](Cc2ccccc2)C(=O)NC2CCCCC2)c1. The van der Waals surface area contributed by atoms with Gasteiger partial charge in [-0.15, -0.1) is 0 Å². The molecule has 10 heteroatoms. The molecular weight excluding hydrogens is 646 g/mol. The van der Waals surface area contributed by atoms with E-state index in [2.05, 4.69) is 5.32 Å². The Kier molecular flexibility index (Phi) is 11.8. The molecule has 1 aliphatic rings. The largest absolute Gasteiger partial charge is 0.497 e. The molecule has 8 nitrogen and oxygen atoms in total. The second kappa shape index (κ2) is 16.2. The van der Waals surface area contributed by atoms with Gasteiger partial charge in [-0.1, -0.05) is 91.5 Å². The van der Waals surface area contributed by atoms with Crippen LogP contribution in [0.25, 0.3) is 0 Å². The second-order valence-corrected chi connectivity index (χ2v) is 14.5. The summed E-state index contributed by atoms with van der Waals surface area (Å²) < 4.78 is 35.1. The van der Waals surface area contributed by atoms with Gasteiger partial charge in [-0.2, -0.15) is 0 Å². The van der Waals surface area contributed by atoms with Crippen molar-refractivity contribution in [3.63, 3.8) is 0 Å². The molecule has 0 spiro atoms. The van der Waals surface area contributed by atoms with Crippen molar-refractivity contribution in [2.45, 2.75) is 69.0 Å². The van der Waals surface area contributed by atoms with E-state index in [1.54, 1.807) is 50.4 Å². The number of hydrogen-bond donors (Lipinski definition) is 1. The van der Waals surface area contributed by atoms with Gasteiger partial charge in [-0.25, -0.2) is 8.42 Å². The second-order valence-electron chi connectivity index (χ2n) is 12.2. The van der Waals surface area contributed by atoms with Gasteiger partial charge in [0.25, 0.3) is 10.0 Å². The van der Waals surface area contributed by atoms with Crippen molar-refractivity contribution in [1.82, 2.24) is 10.2 Å². The Labute approximate surface area is 288 Å². The molecule has 0 radical (unpaired) electrons. The molecule has 1 N–H and O–H groups in total. The number of benzene rings is 4. The molecule has 1 saturated carbocycles. The van der Waals surface area contributed by atoms with Gasteiger partial charge in [0.2, 0.25) is 11.8 Å². The number of nitrogens with one attached hydrogen (secondary N) is 1. The Morgan fingerprint density at radius 3 is 2.21 bits per heavy atom. The Hall–Kier alpha value is -4.34. The molecule has 0 heterocycles. The van der Waals surface area contributed by atoms with E-state index in [0.29, 0.717) is 22.0 Å². The van der Waals surface area contributed by atoms with Crippen LogP contribution in [0.5, 0.6) is 5.75 Å². The highest BCUT2D eigenvalue weighted by atomic mass is 35.5. The maximum atomic E-state index is 14.8. The first-order chi connectivity index (χ1) is 23.2. The zero-order chi connectivity index (χ0) is 34.1. The average molecular weight is 688 g/mol. The van der Waals surface area contributed by atoms with Gasteiger partial charge in [0.15, 0.2) is 0 Å². The number of anilines is 1. The van der Waals surface area contributed by atoms with Gasteiger partial charge in [0.05, 0.1) is 17.7 Å². The van der Waals surface area contributed by atoms with Crippen molar-refractivity contribution in [2.75, 3.05) is 18.0 Å². The quantitative estimate of drug-likeness (QED) is 0.164. The van der Waals surface area contributed by atoms with E-state index in [1.807, 2.05) is 54.6 Å². The highest BCUT2D eigenvalue weighted by Gasteiger charge is 2.36. The van der Waals surface area contributed by atoms with E-state index in [9.17, 15) is 18.0 Å². The molecule has 4 aromatic carbocycles. The van der Waals surface area contributed by atoms with Crippen LogP contribution in [0.2, 0.25) is 5.02 Å². The first-order valence-electron chi connectivity index (χ1n) is 16.3. The van der Waals surface area contributed by atoms with Crippen LogP contribution in [-0.2, 0) is 32.6 Å². The van der Waals surface area contributed by atoms with Crippen molar-refractivity contribution in [2.24, 2.45) is 0 Å². The summed E-state index contributed by atoms with van der Waals surface area (Å²) in [7, 11) is -2.64. The maximum absolute atomic E-state index is 14.8. The molecule has 48 heavy (non-hydrogen) atoms. The van der Waals surface area contributed by atoms with E-state index in [0.717, 1.165) is 47.5 Å². The van der Waals surface area contributed by atoms with Gasteiger partial charge in [-0.3, -0.25) is 13.9 Å². The monoisotopic (exact) mass is 687 g/mol. The molecule has 1 atom stereocenters. The number of sulfonamides is 1. The first kappa shape index (κ1) is 35.0. The van der Waals surface area contributed by atoms with Crippen molar-refractivity contribution in [1.29, 1.82) is 0 Å². The van der Waals surface area contributed by atoms with Gasteiger partial charge in [0, 0.05) is 24.0 Å². The molecule has 0 aliphatic heterocycles. The van der Waals surface area contributed by atoms with Crippen LogP contribution in [0.15, 0.2) is 108 Å². The summed E-state index contributed by atoms with van der Waals surface area (Å²) in [5, 5.41) is 3.68. The summed E-state index contributed by atoms with van der Waals surface area (Å²) >= 11 is 6.26. The molecule has 5 rings (SSSR count). The number of amides is 2. The molecule has 0 unspecified atom stereocenters. The number of hydrogen-bond acceptors (Lipinski definition) is 5. The minimum absolute atomic E-state index is 0.0185. The predicted octanol–water partition coefficient (Wildman–Crippen LogP) is 6.94. The normalized spacial score (nSPS) is 14.1. The Morgan fingerprint density at radius 2 is 1.54 bits per heavy atom. The summed E-state index contributed by atoms with van der Waals surface area (Å²) in [6.07, 6.45) is 5.22. The number of ether oxygens (including phenoxy) is 1. The minimum atomic E-state index is -4.21. The van der Waals surface area contributed by atoms with E-state index < -0.39 is 28.5 Å². The van der Waals surface area contributed by atoms with Gasteiger partial charge < -0.3 is 15.0 Å². The van der Waals surface area contributed by atoms with Crippen LogP contribution in [-0.4, -0.2) is 50.9 Å². The van der Waals surface area contributed by atoms with Crippen LogP contribution < -0.4 is 14.4 Å². The highest BCUT2D eigenvalue weighted by molar-refractivity contribution is 7.92. The van der Waals surface area contributed by atoms with Crippen LogP contribution in [0.3, 0.4) is 0 Å². The van der Waals surface area contributed by atoms with Crippen LogP contribution in [0.4, 0.5) is 5.69 Å². The molecular formula is C38H42ClN3O5S. The Balaban J connectivity index is 1.58. The molecule has 1 aliphatic carbocycles. The third-order valence-corrected chi connectivity index (χ3v) is 10.8. The van der Waals surface area contributed by atoms with Crippen LogP contribution in [0, 0.1) is 6.92 Å². The lowest BCUT2D eigenvalue weighted by atomic mass is 9.94.